The highest BCUT2D eigenvalue weighted by Gasteiger charge is 2.32. The van der Waals surface area contributed by atoms with Gasteiger partial charge in [-0.05, 0) is 39.9 Å². The molecule has 1 amide bonds. The van der Waals surface area contributed by atoms with Gasteiger partial charge >= 0.3 is 6.09 Å². The summed E-state index contributed by atoms with van der Waals surface area (Å²) in [6.45, 7) is 6.63. The molecule has 128 valence electrons. The highest BCUT2D eigenvalue weighted by Crippen LogP contribution is 2.23. The van der Waals surface area contributed by atoms with Gasteiger partial charge in [0.1, 0.15) is 17.4 Å². The summed E-state index contributed by atoms with van der Waals surface area (Å²) in [6, 6.07) is 1.56. The van der Waals surface area contributed by atoms with Gasteiger partial charge in [-0.3, -0.25) is 0 Å². The van der Waals surface area contributed by atoms with Gasteiger partial charge < -0.3 is 14.4 Å². The van der Waals surface area contributed by atoms with Crippen LogP contribution in [0.25, 0.3) is 0 Å². The van der Waals surface area contributed by atoms with Crippen LogP contribution in [0.3, 0.4) is 0 Å². The Bertz CT molecular complexity index is 565. The Hall–Kier alpha value is -1.21. The summed E-state index contributed by atoms with van der Waals surface area (Å²) in [5, 5.41) is 0.901. The molecule has 1 atom stereocenters. The molecule has 8 heteroatoms. The lowest BCUT2D eigenvalue weighted by Gasteiger charge is -2.28. The first-order valence-electron chi connectivity index (χ1n) is 7.49. The minimum absolute atomic E-state index is 0.0173. The van der Waals surface area contributed by atoms with Crippen LogP contribution in [-0.4, -0.2) is 52.0 Å². The second-order valence-corrected chi connectivity index (χ2v) is 7.46. The Morgan fingerprint density at radius 3 is 2.87 bits per heavy atom. The summed E-state index contributed by atoms with van der Waals surface area (Å²) in [5.74, 6) is 0.422. The van der Waals surface area contributed by atoms with Crippen molar-refractivity contribution in [1.29, 1.82) is 0 Å². The highest BCUT2D eigenvalue weighted by molar-refractivity contribution is 7.98. The van der Waals surface area contributed by atoms with Crippen LogP contribution in [0.5, 0.6) is 5.88 Å². The Labute approximate surface area is 145 Å². The predicted molar refractivity (Wildman–Crippen MR) is 90.3 cm³/mol. The van der Waals surface area contributed by atoms with Crippen LogP contribution < -0.4 is 4.74 Å². The second-order valence-electron chi connectivity index (χ2n) is 6.30. The molecule has 0 bridgehead atoms. The summed E-state index contributed by atoms with van der Waals surface area (Å²) in [4.78, 5) is 22.3. The molecule has 0 aromatic carbocycles. The zero-order chi connectivity index (χ0) is 17.0. The molecule has 2 rings (SSSR count). The topological polar surface area (TPSA) is 64.5 Å². The Balaban J connectivity index is 1.96. The van der Waals surface area contributed by atoms with Crippen LogP contribution in [0, 0.1) is 0 Å². The van der Waals surface area contributed by atoms with E-state index in [0.717, 1.165) is 12.8 Å². The zero-order valence-electron chi connectivity index (χ0n) is 13.8. The lowest BCUT2D eigenvalue weighted by Crippen LogP contribution is -2.42. The summed E-state index contributed by atoms with van der Waals surface area (Å²) >= 11 is 7.34. The first kappa shape index (κ1) is 18.1. The summed E-state index contributed by atoms with van der Waals surface area (Å²) in [6.07, 6.45) is 3.40. The molecule has 0 spiro atoms. The average molecular weight is 360 g/mol. The van der Waals surface area contributed by atoms with Crippen molar-refractivity contribution in [2.24, 2.45) is 0 Å². The van der Waals surface area contributed by atoms with Gasteiger partial charge in [-0.1, -0.05) is 23.4 Å². The van der Waals surface area contributed by atoms with Crippen molar-refractivity contribution in [3.63, 3.8) is 0 Å². The lowest BCUT2D eigenvalue weighted by atomic mass is 10.2. The van der Waals surface area contributed by atoms with Gasteiger partial charge in [0.15, 0.2) is 5.16 Å². The number of nitrogens with zero attached hydrogens (tertiary/aromatic N) is 3. The van der Waals surface area contributed by atoms with Crippen molar-refractivity contribution < 1.29 is 14.3 Å². The SMILES string of the molecule is CSc1nc(Cl)cc(OCC2CCCN2C(=O)OC(C)(C)C)n1. The highest BCUT2D eigenvalue weighted by atomic mass is 35.5. The second kappa shape index (κ2) is 7.57. The van der Waals surface area contributed by atoms with Crippen LogP contribution in [-0.2, 0) is 4.74 Å². The van der Waals surface area contributed by atoms with E-state index in [-0.39, 0.29) is 12.1 Å². The van der Waals surface area contributed by atoms with Crippen molar-refractivity contribution in [3.8, 4) is 5.88 Å². The molecule has 0 N–H and O–H groups in total. The van der Waals surface area contributed by atoms with Crippen molar-refractivity contribution in [3.05, 3.63) is 11.2 Å². The van der Waals surface area contributed by atoms with Gasteiger partial charge in [0.25, 0.3) is 0 Å². The summed E-state index contributed by atoms with van der Waals surface area (Å²) < 4.78 is 11.2. The number of hydrogen-bond acceptors (Lipinski definition) is 6. The van der Waals surface area contributed by atoms with Crippen molar-refractivity contribution in [1.82, 2.24) is 14.9 Å². The number of thioether (sulfide) groups is 1. The number of carbonyl (C=O) groups excluding carboxylic acids is 1. The molecule has 0 aliphatic carbocycles. The van der Waals surface area contributed by atoms with Gasteiger partial charge in [-0.15, -0.1) is 0 Å². The first-order valence-corrected chi connectivity index (χ1v) is 9.10. The number of aromatic nitrogens is 2. The van der Waals surface area contributed by atoms with Gasteiger partial charge in [0, 0.05) is 12.6 Å². The van der Waals surface area contributed by atoms with Crippen LogP contribution in [0.4, 0.5) is 4.79 Å². The number of likely N-dealkylation sites (tertiary alicyclic amines) is 1. The van der Waals surface area contributed by atoms with E-state index in [1.165, 1.54) is 11.8 Å². The van der Waals surface area contributed by atoms with Gasteiger partial charge in [0.2, 0.25) is 5.88 Å². The molecule has 1 aliphatic heterocycles. The van der Waals surface area contributed by atoms with Gasteiger partial charge in [-0.2, -0.15) is 4.98 Å². The minimum Gasteiger partial charge on any atom is -0.475 e. The number of amides is 1. The largest absolute Gasteiger partial charge is 0.475 e. The minimum atomic E-state index is -0.501. The molecule has 6 nitrogen and oxygen atoms in total. The van der Waals surface area contributed by atoms with E-state index in [1.54, 1.807) is 11.0 Å². The molecule has 0 saturated carbocycles. The van der Waals surface area contributed by atoms with E-state index in [9.17, 15) is 4.79 Å². The summed E-state index contributed by atoms with van der Waals surface area (Å²) in [7, 11) is 0. The Morgan fingerprint density at radius 2 is 2.22 bits per heavy atom. The van der Waals surface area contributed by atoms with Crippen LogP contribution in [0.2, 0.25) is 5.15 Å². The monoisotopic (exact) mass is 359 g/mol. The van der Waals surface area contributed by atoms with E-state index in [0.29, 0.717) is 29.3 Å². The third-order valence-corrected chi connectivity index (χ3v) is 4.00. The first-order chi connectivity index (χ1) is 10.8. The van der Waals surface area contributed by atoms with E-state index >= 15 is 0 Å². The number of carbonyl (C=O) groups is 1. The molecule has 1 fully saturated rings. The Kier molecular flexibility index (Phi) is 5.97. The third-order valence-electron chi connectivity index (χ3n) is 3.26. The molecule has 2 heterocycles. The van der Waals surface area contributed by atoms with E-state index in [2.05, 4.69) is 9.97 Å². The molecule has 1 unspecified atom stereocenters. The van der Waals surface area contributed by atoms with Crippen LogP contribution in [0.15, 0.2) is 11.2 Å². The number of rotatable bonds is 4. The molecule has 23 heavy (non-hydrogen) atoms. The third kappa shape index (κ3) is 5.42. The van der Waals surface area contributed by atoms with Gasteiger partial charge in [-0.25, -0.2) is 9.78 Å². The fraction of sp³-hybridized carbons (Fsp3) is 0.667. The van der Waals surface area contributed by atoms with Crippen molar-refractivity contribution in [2.45, 2.75) is 50.4 Å². The average Bonchev–Trinajstić information content (AvgIpc) is 2.91. The molecule has 1 aromatic rings. The van der Waals surface area contributed by atoms with Crippen LogP contribution >= 0.6 is 23.4 Å². The standard InChI is InChI=1S/C15H22ClN3O3S/c1-15(2,3)22-14(20)19-7-5-6-10(19)9-21-12-8-11(16)17-13(18-12)23-4/h8,10H,5-7,9H2,1-4H3. The lowest BCUT2D eigenvalue weighted by molar-refractivity contribution is 0.0185. The number of hydrogen-bond donors (Lipinski definition) is 0. The van der Waals surface area contributed by atoms with E-state index in [4.69, 9.17) is 21.1 Å². The molecule has 1 aromatic heterocycles. The maximum absolute atomic E-state index is 12.2. The zero-order valence-corrected chi connectivity index (χ0v) is 15.4. The fourth-order valence-corrected chi connectivity index (χ4v) is 2.89. The van der Waals surface area contributed by atoms with E-state index < -0.39 is 5.60 Å². The Morgan fingerprint density at radius 1 is 1.48 bits per heavy atom. The number of halogens is 1. The van der Waals surface area contributed by atoms with Gasteiger partial charge in [0.05, 0.1) is 6.04 Å². The molecule has 1 saturated heterocycles. The predicted octanol–water partition coefficient (Wildman–Crippen LogP) is 3.63. The summed E-state index contributed by atoms with van der Waals surface area (Å²) in [5.41, 5.74) is -0.501. The maximum Gasteiger partial charge on any atom is 0.410 e. The maximum atomic E-state index is 12.2. The molecule has 0 radical (unpaired) electrons. The normalized spacial score (nSPS) is 18.1. The van der Waals surface area contributed by atoms with E-state index in [1.807, 2.05) is 27.0 Å². The van der Waals surface area contributed by atoms with Crippen molar-refractivity contribution >= 4 is 29.5 Å². The molecule has 1 aliphatic rings. The van der Waals surface area contributed by atoms with Crippen molar-refractivity contribution in [2.75, 3.05) is 19.4 Å². The quantitative estimate of drug-likeness (QED) is 0.464. The van der Waals surface area contributed by atoms with Crippen LogP contribution in [0.1, 0.15) is 33.6 Å². The fourth-order valence-electron chi connectivity index (χ4n) is 2.29. The molecular formula is C15H22ClN3O3S. The number of ether oxygens (including phenoxy) is 2. The smallest absolute Gasteiger partial charge is 0.410 e. The molecular weight excluding hydrogens is 338 g/mol.